The summed E-state index contributed by atoms with van der Waals surface area (Å²) in [5.41, 5.74) is 11.4. The van der Waals surface area contributed by atoms with E-state index in [0.717, 1.165) is 30.4 Å². The van der Waals surface area contributed by atoms with Crippen LogP contribution < -0.4 is 5.73 Å². The highest BCUT2D eigenvalue weighted by Gasteiger charge is 2.27. The van der Waals surface area contributed by atoms with E-state index in [4.69, 9.17) is 5.73 Å². The molecule has 0 fully saturated rings. The summed E-state index contributed by atoms with van der Waals surface area (Å²) in [6, 6.07) is 13.6. The van der Waals surface area contributed by atoms with Gasteiger partial charge < -0.3 is 5.73 Å². The topological polar surface area (TPSA) is 26.0 Å². The van der Waals surface area contributed by atoms with Crippen molar-refractivity contribution in [2.45, 2.75) is 38.1 Å². The Labute approximate surface area is 119 Å². The Kier molecular flexibility index (Phi) is 3.58. The molecule has 1 aliphatic rings. The maximum Gasteiger partial charge on any atom is 0.123 e. The van der Waals surface area contributed by atoms with Gasteiger partial charge in [0.1, 0.15) is 5.82 Å². The minimum atomic E-state index is -0.176. The predicted molar refractivity (Wildman–Crippen MR) is 80.3 cm³/mol. The first-order chi connectivity index (χ1) is 9.65. The van der Waals surface area contributed by atoms with Gasteiger partial charge in [-0.2, -0.15) is 0 Å². The van der Waals surface area contributed by atoms with Crippen molar-refractivity contribution in [3.8, 4) is 0 Å². The van der Waals surface area contributed by atoms with Crippen LogP contribution in [-0.4, -0.2) is 6.04 Å². The first-order valence-electron chi connectivity index (χ1n) is 7.23. The lowest BCUT2D eigenvalue weighted by Gasteiger charge is -2.21. The summed E-state index contributed by atoms with van der Waals surface area (Å²) in [5, 5.41) is 0. The van der Waals surface area contributed by atoms with E-state index in [-0.39, 0.29) is 11.9 Å². The summed E-state index contributed by atoms with van der Waals surface area (Å²) >= 11 is 0. The number of nitrogens with two attached hydrogens (primary N) is 1. The molecule has 1 nitrogen and oxygen atoms in total. The average molecular weight is 269 g/mol. The van der Waals surface area contributed by atoms with Gasteiger partial charge in [-0.3, -0.25) is 0 Å². The van der Waals surface area contributed by atoms with E-state index in [1.807, 2.05) is 13.0 Å². The minimum absolute atomic E-state index is 0.0548. The SMILES string of the molecule is Cc1ccc(F)cc1CC(N)C1CCc2ccccc21. The molecule has 20 heavy (non-hydrogen) atoms. The van der Waals surface area contributed by atoms with Crippen molar-refractivity contribution < 1.29 is 4.39 Å². The van der Waals surface area contributed by atoms with E-state index >= 15 is 0 Å². The number of benzene rings is 2. The molecular formula is C18H20FN. The molecule has 0 bridgehead atoms. The van der Waals surface area contributed by atoms with Crippen molar-refractivity contribution in [2.24, 2.45) is 5.73 Å². The minimum Gasteiger partial charge on any atom is -0.327 e. The van der Waals surface area contributed by atoms with Crippen molar-refractivity contribution in [1.82, 2.24) is 0 Å². The van der Waals surface area contributed by atoms with E-state index in [1.54, 1.807) is 6.07 Å². The molecule has 0 aromatic heterocycles. The lowest BCUT2D eigenvalue weighted by molar-refractivity contribution is 0.522. The quantitative estimate of drug-likeness (QED) is 0.902. The maximum atomic E-state index is 13.4. The van der Waals surface area contributed by atoms with Crippen LogP contribution in [0.25, 0.3) is 0 Å². The van der Waals surface area contributed by atoms with E-state index < -0.39 is 0 Å². The highest BCUT2D eigenvalue weighted by Crippen LogP contribution is 2.35. The highest BCUT2D eigenvalue weighted by atomic mass is 19.1. The van der Waals surface area contributed by atoms with Gasteiger partial charge in [0.2, 0.25) is 0 Å². The van der Waals surface area contributed by atoms with Crippen molar-refractivity contribution in [3.63, 3.8) is 0 Å². The van der Waals surface area contributed by atoms with Crippen LogP contribution in [0.5, 0.6) is 0 Å². The Morgan fingerprint density at radius 1 is 1.25 bits per heavy atom. The molecule has 2 aromatic rings. The molecule has 1 aliphatic carbocycles. The van der Waals surface area contributed by atoms with Gasteiger partial charge in [0.25, 0.3) is 0 Å². The molecule has 0 spiro atoms. The Hall–Kier alpha value is -1.67. The zero-order chi connectivity index (χ0) is 14.1. The Morgan fingerprint density at radius 3 is 2.90 bits per heavy atom. The number of hydrogen-bond acceptors (Lipinski definition) is 1. The molecule has 2 atom stereocenters. The van der Waals surface area contributed by atoms with Gasteiger partial charge in [0.05, 0.1) is 0 Å². The molecule has 2 N–H and O–H groups in total. The third kappa shape index (κ3) is 2.48. The van der Waals surface area contributed by atoms with Crippen LogP contribution in [-0.2, 0) is 12.8 Å². The fraction of sp³-hybridized carbons (Fsp3) is 0.333. The molecule has 0 saturated heterocycles. The van der Waals surface area contributed by atoms with Gasteiger partial charge in [-0.25, -0.2) is 4.39 Å². The zero-order valence-corrected chi connectivity index (χ0v) is 11.8. The molecule has 2 aromatic carbocycles. The molecular weight excluding hydrogens is 249 g/mol. The maximum absolute atomic E-state index is 13.4. The monoisotopic (exact) mass is 269 g/mol. The number of aryl methyl sites for hydroxylation is 2. The van der Waals surface area contributed by atoms with Crippen LogP contribution in [0.4, 0.5) is 4.39 Å². The van der Waals surface area contributed by atoms with Gasteiger partial charge in [0, 0.05) is 6.04 Å². The van der Waals surface area contributed by atoms with Crippen molar-refractivity contribution in [3.05, 3.63) is 70.5 Å². The first-order valence-corrected chi connectivity index (χ1v) is 7.23. The van der Waals surface area contributed by atoms with Gasteiger partial charge in [-0.15, -0.1) is 0 Å². The standard InChI is InChI=1S/C18H20FN/c1-12-6-8-15(19)10-14(12)11-18(20)17-9-7-13-4-2-3-5-16(13)17/h2-6,8,10,17-18H,7,9,11,20H2,1H3. The summed E-state index contributed by atoms with van der Waals surface area (Å²) in [4.78, 5) is 0. The number of hydrogen-bond donors (Lipinski definition) is 1. The molecule has 0 radical (unpaired) electrons. The van der Waals surface area contributed by atoms with Crippen LogP contribution in [0.15, 0.2) is 42.5 Å². The second-order valence-corrected chi connectivity index (χ2v) is 5.78. The zero-order valence-electron chi connectivity index (χ0n) is 11.8. The summed E-state index contributed by atoms with van der Waals surface area (Å²) in [7, 11) is 0. The largest absolute Gasteiger partial charge is 0.327 e. The fourth-order valence-electron chi connectivity index (χ4n) is 3.29. The van der Waals surface area contributed by atoms with Crippen LogP contribution in [0.3, 0.4) is 0 Å². The number of fused-ring (bicyclic) bond motifs is 1. The van der Waals surface area contributed by atoms with Crippen LogP contribution in [0.2, 0.25) is 0 Å². The second-order valence-electron chi connectivity index (χ2n) is 5.78. The van der Waals surface area contributed by atoms with Crippen LogP contribution >= 0.6 is 0 Å². The number of rotatable bonds is 3. The number of halogens is 1. The summed E-state index contributed by atoms with van der Waals surface area (Å²) in [5.74, 6) is 0.221. The van der Waals surface area contributed by atoms with Gasteiger partial charge >= 0.3 is 0 Å². The smallest absolute Gasteiger partial charge is 0.123 e. The first kappa shape index (κ1) is 13.3. The third-order valence-electron chi connectivity index (χ3n) is 4.46. The van der Waals surface area contributed by atoms with Gasteiger partial charge in [-0.1, -0.05) is 30.3 Å². The lowest BCUT2D eigenvalue weighted by Crippen LogP contribution is -2.30. The highest BCUT2D eigenvalue weighted by molar-refractivity contribution is 5.37. The van der Waals surface area contributed by atoms with E-state index in [1.165, 1.54) is 17.2 Å². The Balaban J connectivity index is 1.81. The second kappa shape index (κ2) is 5.37. The summed E-state index contributed by atoms with van der Waals surface area (Å²) < 4.78 is 13.4. The van der Waals surface area contributed by atoms with Crippen LogP contribution in [0, 0.1) is 12.7 Å². The molecule has 0 amide bonds. The lowest BCUT2D eigenvalue weighted by atomic mass is 9.88. The molecule has 2 heteroatoms. The van der Waals surface area contributed by atoms with Crippen molar-refractivity contribution in [1.29, 1.82) is 0 Å². The van der Waals surface area contributed by atoms with Gasteiger partial charge in [-0.05, 0) is 66.5 Å². The summed E-state index contributed by atoms with van der Waals surface area (Å²) in [6.45, 7) is 2.02. The van der Waals surface area contributed by atoms with Crippen LogP contribution in [0.1, 0.15) is 34.6 Å². The molecule has 0 saturated carbocycles. The van der Waals surface area contributed by atoms with Gasteiger partial charge in [0.15, 0.2) is 0 Å². The molecule has 104 valence electrons. The Morgan fingerprint density at radius 2 is 2.05 bits per heavy atom. The molecule has 0 heterocycles. The van der Waals surface area contributed by atoms with Crippen molar-refractivity contribution in [2.75, 3.05) is 0 Å². The molecule has 0 aliphatic heterocycles. The molecule has 3 rings (SSSR count). The fourth-order valence-corrected chi connectivity index (χ4v) is 3.29. The van der Waals surface area contributed by atoms with Crippen molar-refractivity contribution >= 4 is 0 Å². The molecule has 2 unspecified atom stereocenters. The third-order valence-corrected chi connectivity index (χ3v) is 4.46. The van der Waals surface area contributed by atoms with E-state index in [9.17, 15) is 4.39 Å². The average Bonchev–Trinajstić information content (AvgIpc) is 2.87. The van der Waals surface area contributed by atoms with E-state index in [0.29, 0.717) is 5.92 Å². The summed E-state index contributed by atoms with van der Waals surface area (Å²) in [6.07, 6.45) is 2.95. The van der Waals surface area contributed by atoms with E-state index in [2.05, 4.69) is 24.3 Å². The predicted octanol–water partition coefficient (Wildman–Crippen LogP) is 3.73. The normalized spacial score (nSPS) is 18.9. The Bertz CT molecular complexity index is 621.